The smallest absolute Gasteiger partial charge is 0.181 e. The topological polar surface area (TPSA) is 70.0 Å². The van der Waals surface area contributed by atoms with E-state index in [1.54, 1.807) is 25.1 Å². The van der Waals surface area contributed by atoms with Gasteiger partial charge in [0.05, 0.1) is 11.4 Å². The van der Waals surface area contributed by atoms with Gasteiger partial charge in [-0.05, 0) is 18.2 Å². The van der Waals surface area contributed by atoms with Crippen molar-refractivity contribution in [1.29, 1.82) is 0 Å². The van der Waals surface area contributed by atoms with Gasteiger partial charge in [-0.3, -0.25) is 0 Å². The van der Waals surface area contributed by atoms with E-state index in [9.17, 15) is 8.42 Å². The summed E-state index contributed by atoms with van der Waals surface area (Å²) in [6.07, 6.45) is 0. The summed E-state index contributed by atoms with van der Waals surface area (Å²) in [5.41, 5.74) is 8.64. The second kappa shape index (κ2) is 3.61. The molecule has 1 aromatic rings. The van der Waals surface area contributed by atoms with Gasteiger partial charge in [-0.25, -0.2) is 8.42 Å². The first kappa shape index (κ1) is 10.6. The molecule has 0 aliphatic carbocycles. The lowest BCUT2D eigenvalue weighted by atomic mass is 10.3. The van der Waals surface area contributed by atoms with E-state index in [0.717, 1.165) is 10.6 Å². The van der Waals surface area contributed by atoms with E-state index in [1.807, 2.05) is 0 Å². The molecule has 0 aromatic heterocycles. The number of anilines is 1. The zero-order chi connectivity index (χ0) is 11.1. The normalized spacial score (nSPS) is 19.7. The third-order valence-electron chi connectivity index (χ3n) is 2.22. The van der Waals surface area contributed by atoms with Crippen LogP contribution in [-0.2, 0) is 9.84 Å². The molecule has 1 aromatic carbocycles. The summed E-state index contributed by atoms with van der Waals surface area (Å²) >= 11 is 1.26. The minimum atomic E-state index is -3.09. The van der Waals surface area contributed by atoms with Crippen LogP contribution in [0.1, 0.15) is 6.92 Å². The van der Waals surface area contributed by atoms with Crippen LogP contribution in [0, 0.1) is 0 Å². The number of hydrogen-bond acceptors (Lipinski definition) is 4. The number of fused-ring (bicyclic) bond motifs is 1. The van der Waals surface area contributed by atoms with Crippen molar-refractivity contribution in [3.63, 3.8) is 0 Å². The molecule has 2 N–H and O–H groups in total. The molecule has 81 valence electrons. The standard InChI is InChI=1S/C9H11N2O2S2/c1-2-15(12,13)9-11-7-4-3-6(10)5-8(7)14-9/h3-5,9-11H,2H2,1H3. The Hall–Kier alpha value is -0.880. The van der Waals surface area contributed by atoms with Gasteiger partial charge in [0.2, 0.25) is 0 Å². The van der Waals surface area contributed by atoms with Gasteiger partial charge in [0.1, 0.15) is 0 Å². The van der Waals surface area contributed by atoms with Crippen LogP contribution in [0.4, 0.5) is 11.4 Å². The van der Waals surface area contributed by atoms with Crippen LogP contribution in [0.5, 0.6) is 0 Å². The number of benzene rings is 1. The van der Waals surface area contributed by atoms with Gasteiger partial charge in [0, 0.05) is 10.6 Å². The second-order valence-electron chi connectivity index (χ2n) is 3.26. The molecular formula is C9H11N2O2S2. The molecule has 6 heteroatoms. The van der Waals surface area contributed by atoms with Crippen molar-refractivity contribution in [2.45, 2.75) is 16.5 Å². The fraction of sp³-hybridized carbons (Fsp3) is 0.333. The number of rotatable bonds is 2. The van der Waals surface area contributed by atoms with Crippen LogP contribution in [0.3, 0.4) is 0 Å². The van der Waals surface area contributed by atoms with Gasteiger partial charge >= 0.3 is 0 Å². The highest BCUT2D eigenvalue weighted by Crippen LogP contribution is 2.41. The third-order valence-corrected chi connectivity index (χ3v) is 5.88. The van der Waals surface area contributed by atoms with Crippen molar-refractivity contribution < 1.29 is 8.42 Å². The Morgan fingerprint density at radius 1 is 1.53 bits per heavy atom. The summed E-state index contributed by atoms with van der Waals surface area (Å²) in [6.45, 7) is 1.64. The highest BCUT2D eigenvalue weighted by molar-refractivity contribution is 8.14. The average molecular weight is 243 g/mol. The molecule has 0 fully saturated rings. The van der Waals surface area contributed by atoms with Gasteiger partial charge in [-0.15, -0.1) is 0 Å². The monoisotopic (exact) mass is 243 g/mol. The van der Waals surface area contributed by atoms with Crippen molar-refractivity contribution in [2.75, 3.05) is 11.1 Å². The Labute approximate surface area is 93.2 Å². The maximum atomic E-state index is 11.6. The summed E-state index contributed by atoms with van der Waals surface area (Å²) in [7, 11) is -3.09. The fourth-order valence-electron chi connectivity index (χ4n) is 1.33. The molecule has 2 rings (SSSR count). The Morgan fingerprint density at radius 3 is 2.93 bits per heavy atom. The number of sulfone groups is 1. The number of hydrogen-bond donors (Lipinski definition) is 1. The van der Waals surface area contributed by atoms with Crippen molar-refractivity contribution in [1.82, 2.24) is 5.73 Å². The second-order valence-corrected chi connectivity index (χ2v) is 7.08. The zero-order valence-electron chi connectivity index (χ0n) is 8.15. The highest BCUT2D eigenvalue weighted by Gasteiger charge is 2.31. The van der Waals surface area contributed by atoms with Crippen LogP contribution in [0.15, 0.2) is 23.1 Å². The zero-order valence-corrected chi connectivity index (χ0v) is 9.78. The van der Waals surface area contributed by atoms with Gasteiger partial charge in [0.15, 0.2) is 14.5 Å². The van der Waals surface area contributed by atoms with Gasteiger partial charge in [-0.1, -0.05) is 18.7 Å². The lowest BCUT2D eigenvalue weighted by molar-refractivity contribution is 0.597. The summed E-state index contributed by atoms with van der Waals surface area (Å²) in [5, 5.41) is 2.94. The van der Waals surface area contributed by atoms with Crippen LogP contribution < -0.4 is 11.1 Å². The maximum absolute atomic E-state index is 11.6. The molecule has 0 bridgehead atoms. The first-order valence-corrected chi connectivity index (χ1v) is 7.13. The Balaban J connectivity index is 2.30. The van der Waals surface area contributed by atoms with Crippen molar-refractivity contribution >= 4 is 33.0 Å². The van der Waals surface area contributed by atoms with E-state index in [-0.39, 0.29) is 5.75 Å². The average Bonchev–Trinajstić information content (AvgIpc) is 2.61. The van der Waals surface area contributed by atoms with E-state index in [0.29, 0.717) is 5.69 Å². The summed E-state index contributed by atoms with van der Waals surface area (Å²) in [6, 6.07) is 5.07. The van der Waals surface area contributed by atoms with E-state index < -0.39 is 14.5 Å². The largest absolute Gasteiger partial charge is 0.360 e. The van der Waals surface area contributed by atoms with Crippen LogP contribution >= 0.6 is 11.8 Å². The molecule has 0 spiro atoms. The van der Waals surface area contributed by atoms with E-state index in [4.69, 9.17) is 5.73 Å². The maximum Gasteiger partial charge on any atom is 0.181 e. The molecule has 0 amide bonds. The van der Waals surface area contributed by atoms with Crippen molar-refractivity contribution in [2.24, 2.45) is 0 Å². The molecule has 1 radical (unpaired) electrons. The summed E-state index contributed by atoms with van der Waals surface area (Å²) < 4.78 is 22.7. The first-order chi connectivity index (χ1) is 7.03. The Bertz CT molecular complexity index is 485. The lowest BCUT2D eigenvalue weighted by Crippen LogP contribution is -2.24. The summed E-state index contributed by atoms with van der Waals surface area (Å²) in [4.78, 5) is 0.838. The fourth-order valence-corrected chi connectivity index (χ4v) is 4.11. The molecule has 1 unspecified atom stereocenters. The van der Waals surface area contributed by atoms with E-state index in [2.05, 4.69) is 5.32 Å². The van der Waals surface area contributed by atoms with Crippen LogP contribution in [0.2, 0.25) is 0 Å². The third kappa shape index (κ3) is 1.91. The molecule has 15 heavy (non-hydrogen) atoms. The molecule has 1 heterocycles. The molecule has 4 nitrogen and oxygen atoms in total. The van der Waals surface area contributed by atoms with Gasteiger partial charge < -0.3 is 11.1 Å². The Kier molecular flexibility index (Phi) is 2.56. The van der Waals surface area contributed by atoms with Crippen molar-refractivity contribution in [3.05, 3.63) is 18.2 Å². The SMILES string of the molecule is CCS(=O)(=O)C1Nc2ccc([NH])cc2S1. The van der Waals surface area contributed by atoms with Crippen LogP contribution in [-0.4, -0.2) is 18.9 Å². The van der Waals surface area contributed by atoms with Gasteiger partial charge in [-0.2, -0.15) is 0 Å². The highest BCUT2D eigenvalue weighted by atomic mass is 32.3. The lowest BCUT2D eigenvalue weighted by Gasteiger charge is -2.09. The molecule has 0 saturated carbocycles. The first-order valence-electron chi connectivity index (χ1n) is 4.53. The quantitative estimate of drug-likeness (QED) is 0.860. The molecular weight excluding hydrogens is 232 g/mol. The minimum Gasteiger partial charge on any atom is -0.360 e. The van der Waals surface area contributed by atoms with E-state index in [1.165, 1.54) is 11.8 Å². The minimum absolute atomic E-state index is 0.124. The van der Waals surface area contributed by atoms with E-state index >= 15 is 0 Å². The number of thioether (sulfide) groups is 1. The predicted molar refractivity (Wildman–Crippen MR) is 61.9 cm³/mol. The molecule has 0 saturated heterocycles. The Morgan fingerprint density at radius 2 is 2.27 bits per heavy atom. The summed E-state index contributed by atoms with van der Waals surface area (Å²) in [5.74, 6) is 0.124. The molecule has 1 aliphatic heterocycles. The number of nitrogens with one attached hydrogen (secondary N) is 2. The van der Waals surface area contributed by atoms with Gasteiger partial charge in [0.25, 0.3) is 0 Å². The predicted octanol–water partition coefficient (Wildman–Crippen LogP) is 1.84. The van der Waals surface area contributed by atoms with Crippen molar-refractivity contribution in [3.8, 4) is 0 Å². The molecule has 1 atom stereocenters. The van der Waals surface area contributed by atoms with Crippen LogP contribution in [0.25, 0.3) is 0 Å². The molecule has 1 aliphatic rings.